The summed E-state index contributed by atoms with van der Waals surface area (Å²) in [6.45, 7) is 6.13. The molecule has 1 atom stereocenters. The van der Waals surface area contributed by atoms with Gasteiger partial charge in [0.1, 0.15) is 5.69 Å². The summed E-state index contributed by atoms with van der Waals surface area (Å²) in [6, 6.07) is 2.54. The molecule has 4 heteroatoms. The van der Waals surface area contributed by atoms with Crippen LogP contribution in [-0.2, 0) is 13.5 Å². The number of Topliss-reactive ketones (excluding diaryl/α,β-unsaturated/α-hetero) is 1. The van der Waals surface area contributed by atoms with E-state index >= 15 is 0 Å². The van der Waals surface area contributed by atoms with Crippen LogP contribution in [-0.4, -0.2) is 39.6 Å². The normalized spacial score (nSPS) is 21.2. The summed E-state index contributed by atoms with van der Waals surface area (Å²) < 4.78 is 1.71. The molecule has 0 bridgehead atoms. The van der Waals surface area contributed by atoms with Crippen LogP contribution in [0.15, 0.2) is 6.07 Å². The third-order valence-electron chi connectivity index (χ3n) is 3.89. The van der Waals surface area contributed by atoms with Crippen molar-refractivity contribution in [3.05, 3.63) is 17.5 Å². The van der Waals surface area contributed by atoms with E-state index in [9.17, 15) is 4.79 Å². The van der Waals surface area contributed by atoms with Crippen LogP contribution in [0.5, 0.6) is 0 Å². The van der Waals surface area contributed by atoms with Gasteiger partial charge in [0.2, 0.25) is 0 Å². The van der Waals surface area contributed by atoms with Gasteiger partial charge in [-0.15, -0.1) is 0 Å². The fourth-order valence-corrected chi connectivity index (χ4v) is 2.90. The molecule has 1 fully saturated rings. The van der Waals surface area contributed by atoms with Crippen molar-refractivity contribution in [2.45, 2.75) is 45.6 Å². The van der Waals surface area contributed by atoms with Crippen molar-refractivity contribution in [1.82, 2.24) is 14.7 Å². The van der Waals surface area contributed by atoms with Crippen molar-refractivity contribution in [2.75, 3.05) is 13.1 Å². The minimum Gasteiger partial charge on any atom is -0.300 e. The molecule has 0 spiro atoms. The average molecular weight is 249 g/mol. The lowest BCUT2D eigenvalue weighted by Gasteiger charge is -2.34. The van der Waals surface area contributed by atoms with Crippen LogP contribution >= 0.6 is 0 Å². The largest absolute Gasteiger partial charge is 0.300 e. The number of rotatable bonds is 4. The highest BCUT2D eigenvalue weighted by atomic mass is 16.1. The lowest BCUT2D eigenvalue weighted by molar-refractivity contribution is 0.100. The number of carbonyl (C=O) groups is 1. The third kappa shape index (κ3) is 2.80. The molecule has 100 valence electrons. The molecule has 2 heterocycles. The molecule has 2 rings (SSSR count). The standard InChI is InChI=1S/C14H23N3O/c1-4-17-8-6-5-7-13(17)9-12-10-14(11(2)18)16(3)15-12/h10,13H,4-9H2,1-3H3. The number of likely N-dealkylation sites (N-methyl/N-ethyl adjacent to an activating group) is 1. The van der Waals surface area contributed by atoms with E-state index < -0.39 is 0 Å². The van der Waals surface area contributed by atoms with Crippen LogP contribution in [0.4, 0.5) is 0 Å². The van der Waals surface area contributed by atoms with E-state index in [0.29, 0.717) is 11.7 Å². The molecule has 18 heavy (non-hydrogen) atoms. The first-order valence-corrected chi connectivity index (χ1v) is 6.89. The van der Waals surface area contributed by atoms with E-state index in [4.69, 9.17) is 0 Å². The maximum atomic E-state index is 11.4. The van der Waals surface area contributed by atoms with E-state index in [2.05, 4.69) is 16.9 Å². The zero-order chi connectivity index (χ0) is 13.1. The fourth-order valence-electron chi connectivity index (χ4n) is 2.90. The van der Waals surface area contributed by atoms with Crippen LogP contribution < -0.4 is 0 Å². The van der Waals surface area contributed by atoms with E-state index in [0.717, 1.165) is 18.7 Å². The number of hydrogen-bond acceptors (Lipinski definition) is 3. The maximum absolute atomic E-state index is 11.4. The number of aryl methyl sites for hydroxylation is 1. The van der Waals surface area contributed by atoms with Crippen LogP contribution in [0.2, 0.25) is 0 Å². The van der Waals surface area contributed by atoms with Gasteiger partial charge in [-0.05, 0) is 32.0 Å². The highest BCUT2D eigenvalue weighted by Gasteiger charge is 2.22. The number of likely N-dealkylation sites (tertiary alicyclic amines) is 1. The molecule has 0 aromatic carbocycles. The molecular weight excluding hydrogens is 226 g/mol. The Hall–Kier alpha value is -1.16. The first-order valence-electron chi connectivity index (χ1n) is 6.89. The van der Waals surface area contributed by atoms with E-state index in [-0.39, 0.29) is 5.78 Å². The molecule has 1 saturated heterocycles. The predicted octanol–water partition coefficient (Wildman–Crippen LogP) is 2.04. The second-order valence-corrected chi connectivity index (χ2v) is 5.18. The second kappa shape index (κ2) is 5.65. The van der Waals surface area contributed by atoms with Crippen molar-refractivity contribution in [3.8, 4) is 0 Å². The summed E-state index contributed by atoms with van der Waals surface area (Å²) in [4.78, 5) is 14.0. The second-order valence-electron chi connectivity index (χ2n) is 5.18. The number of hydrogen-bond donors (Lipinski definition) is 0. The van der Waals surface area contributed by atoms with Crippen LogP contribution in [0.25, 0.3) is 0 Å². The smallest absolute Gasteiger partial charge is 0.177 e. The summed E-state index contributed by atoms with van der Waals surface area (Å²) in [5, 5.41) is 4.46. The number of aromatic nitrogens is 2. The summed E-state index contributed by atoms with van der Waals surface area (Å²) in [6.07, 6.45) is 4.84. The molecule has 0 N–H and O–H groups in total. The Kier molecular flexibility index (Phi) is 4.17. The van der Waals surface area contributed by atoms with Crippen molar-refractivity contribution in [2.24, 2.45) is 7.05 Å². The minimum absolute atomic E-state index is 0.0900. The molecule has 4 nitrogen and oxygen atoms in total. The van der Waals surface area contributed by atoms with Gasteiger partial charge in [0.25, 0.3) is 0 Å². The molecule has 1 aromatic rings. The summed E-state index contributed by atoms with van der Waals surface area (Å²) in [5.74, 6) is 0.0900. The highest BCUT2D eigenvalue weighted by Crippen LogP contribution is 2.20. The van der Waals surface area contributed by atoms with Gasteiger partial charge in [0, 0.05) is 26.4 Å². The zero-order valence-electron chi connectivity index (χ0n) is 11.6. The molecule has 1 aliphatic rings. The third-order valence-corrected chi connectivity index (χ3v) is 3.89. The van der Waals surface area contributed by atoms with Crippen LogP contribution in [0, 0.1) is 0 Å². The molecule has 1 unspecified atom stereocenters. The molecule has 0 saturated carbocycles. The van der Waals surface area contributed by atoms with Crippen molar-refractivity contribution in [1.29, 1.82) is 0 Å². The summed E-state index contributed by atoms with van der Waals surface area (Å²) >= 11 is 0. The van der Waals surface area contributed by atoms with E-state index in [1.165, 1.54) is 25.8 Å². The average Bonchev–Trinajstić information content (AvgIpc) is 2.71. The van der Waals surface area contributed by atoms with E-state index in [1.54, 1.807) is 11.6 Å². The molecule has 1 aliphatic heterocycles. The van der Waals surface area contributed by atoms with Gasteiger partial charge in [-0.25, -0.2) is 0 Å². The first-order chi connectivity index (χ1) is 8.61. The van der Waals surface area contributed by atoms with Crippen molar-refractivity contribution in [3.63, 3.8) is 0 Å². The van der Waals surface area contributed by atoms with Crippen LogP contribution in [0.3, 0.4) is 0 Å². The molecule has 1 aromatic heterocycles. The number of piperidine rings is 1. The first kappa shape index (κ1) is 13.3. The van der Waals surface area contributed by atoms with Gasteiger partial charge in [-0.1, -0.05) is 13.3 Å². The molecule has 0 aliphatic carbocycles. The monoisotopic (exact) mass is 249 g/mol. The minimum atomic E-state index is 0.0900. The zero-order valence-corrected chi connectivity index (χ0v) is 11.6. The van der Waals surface area contributed by atoms with Gasteiger partial charge in [0.05, 0.1) is 5.69 Å². The topological polar surface area (TPSA) is 38.1 Å². The van der Waals surface area contributed by atoms with Gasteiger partial charge >= 0.3 is 0 Å². The van der Waals surface area contributed by atoms with Gasteiger partial charge in [-0.3, -0.25) is 9.48 Å². The lowest BCUT2D eigenvalue weighted by atomic mass is 9.98. The highest BCUT2D eigenvalue weighted by molar-refractivity contribution is 5.92. The van der Waals surface area contributed by atoms with Gasteiger partial charge < -0.3 is 4.90 Å². The SMILES string of the molecule is CCN1CCCCC1Cc1cc(C(C)=O)n(C)n1. The Bertz CT molecular complexity index is 425. The fraction of sp³-hybridized carbons (Fsp3) is 0.714. The number of nitrogens with zero attached hydrogens (tertiary/aromatic N) is 3. The summed E-state index contributed by atoms with van der Waals surface area (Å²) in [5.41, 5.74) is 1.76. The predicted molar refractivity (Wildman–Crippen MR) is 71.8 cm³/mol. The van der Waals surface area contributed by atoms with Crippen molar-refractivity contribution >= 4 is 5.78 Å². The van der Waals surface area contributed by atoms with Crippen LogP contribution in [0.1, 0.15) is 49.3 Å². The van der Waals surface area contributed by atoms with E-state index in [1.807, 2.05) is 13.1 Å². The quantitative estimate of drug-likeness (QED) is 0.766. The Labute approximate surface area is 109 Å². The van der Waals surface area contributed by atoms with Crippen molar-refractivity contribution < 1.29 is 4.79 Å². The maximum Gasteiger partial charge on any atom is 0.177 e. The molecule has 0 radical (unpaired) electrons. The Morgan fingerprint density at radius 1 is 1.50 bits per heavy atom. The van der Waals surface area contributed by atoms with Gasteiger partial charge in [0.15, 0.2) is 5.78 Å². The Morgan fingerprint density at radius 3 is 2.89 bits per heavy atom. The summed E-state index contributed by atoms with van der Waals surface area (Å²) in [7, 11) is 1.85. The number of ketones is 1. The Morgan fingerprint density at radius 2 is 2.28 bits per heavy atom. The lowest BCUT2D eigenvalue weighted by Crippen LogP contribution is -2.40. The molecular formula is C14H23N3O. The van der Waals surface area contributed by atoms with Gasteiger partial charge in [-0.2, -0.15) is 5.10 Å². The Balaban J connectivity index is 2.08. The number of carbonyl (C=O) groups excluding carboxylic acids is 1. The molecule has 0 amide bonds.